The number of piperidine rings is 1. The Hall–Kier alpha value is -1.40. The molecule has 6 heteroatoms. The van der Waals surface area contributed by atoms with Crippen LogP contribution in [0.4, 0.5) is 0 Å². The normalized spacial score (nSPS) is 17.7. The first-order valence-corrected chi connectivity index (χ1v) is 9.15. The Labute approximate surface area is 142 Å². The molecular formula is C17H27N3O2S. The van der Waals surface area contributed by atoms with Crippen molar-refractivity contribution >= 4 is 23.2 Å². The van der Waals surface area contributed by atoms with E-state index in [2.05, 4.69) is 24.1 Å². The van der Waals surface area contributed by atoms with Crippen molar-refractivity contribution in [1.29, 1.82) is 0 Å². The first-order valence-electron chi connectivity index (χ1n) is 8.27. The zero-order chi connectivity index (χ0) is 16.8. The van der Waals surface area contributed by atoms with Crippen LogP contribution in [0.25, 0.3) is 0 Å². The molecule has 2 heterocycles. The molecule has 1 fully saturated rings. The molecule has 0 aliphatic carbocycles. The van der Waals surface area contributed by atoms with Crippen molar-refractivity contribution in [1.82, 2.24) is 15.1 Å². The van der Waals surface area contributed by atoms with Crippen LogP contribution in [-0.2, 0) is 4.79 Å². The fourth-order valence-electron chi connectivity index (χ4n) is 2.79. The predicted molar refractivity (Wildman–Crippen MR) is 93.7 cm³/mol. The van der Waals surface area contributed by atoms with Crippen LogP contribution in [0, 0.1) is 5.92 Å². The average molecular weight is 337 g/mol. The number of amides is 2. The van der Waals surface area contributed by atoms with Gasteiger partial charge in [-0.15, -0.1) is 11.3 Å². The van der Waals surface area contributed by atoms with Crippen molar-refractivity contribution in [3.63, 3.8) is 0 Å². The number of hydrogen-bond acceptors (Lipinski definition) is 4. The molecule has 0 radical (unpaired) electrons. The molecule has 1 N–H and O–H groups in total. The van der Waals surface area contributed by atoms with Gasteiger partial charge in [0.05, 0.1) is 11.4 Å². The Bertz CT molecular complexity index is 510. The first kappa shape index (κ1) is 17.9. The minimum atomic E-state index is -0.104. The van der Waals surface area contributed by atoms with E-state index in [-0.39, 0.29) is 18.4 Å². The summed E-state index contributed by atoms with van der Waals surface area (Å²) in [6.45, 7) is 7.39. The van der Waals surface area contributed by atoms with Gasteiger partial charge in [0.2, 0.25) is 5.91 Å². The number of hydrogen-bond donors (Lipinski definition) is 1. The molecule has 1 aliphatic heterocycles. The fourth-order valence-corrected chi connectivity index (χ4v) is 3.51. The van der Waals surface area contributed by atoms with E-state index in [0.29, 0.717) is 17.5 Å². The number of likely N-dealkylation sites (tertiary alicyclic amines) is 1. The second-order valence-electron chi connectivity index (χ2n) is 6.51. The SMILES string of the molecule is CC1CCN([C@@H](C)CNC(=O)CN(C)C(=O)c2cccs2)CC1. The van der Waals surface area contributed by atoms with Crippen molar-refractivity contribution < 1.29 is 9.59 Å². The van der Waals surface area contributed by atoms with Crippen LogP contribution < -0.4 is 5.32 Å². The van der Waals surface area contributed by atoms with Gasteiger partial charge in [-0.1, -0.05) is 13.0 Å². The molecule has 23 heavy (non-hydrogen) atoms. The van der Waals surface area contributed by atoms with E-state index in [0.717, 1.165) is 19.0 Å². The zero-order valence-corrected chi connectivity index (χ0v) is 15.1. The van der Waals surface area contributed by atoms with Gasteiger partial charge in [-0.25, -0.2) is 0 Å². The van der Waals surface area contributed by atoms with Crippen LogP contribution in [0.1, 0.15) is 36.4 Å². The molecule has 0 unspecified atom stereocenters. The number of nitrogens with zero attached hydrogens (tertiary/aromatic N) is 2. The molecule has 1 atom stereocenters. The molecule has 1 aromatic rings. The largest absolute Gasteiger partial charge is 0.353 e. The van der Waals surface area contributed by atoms with E-state index in [1.165, 1.54) is 29.1 Å². The van der Waals surface area contributed by atoms with E-state index in [9.17, 15) is 9.59 Å². The standard InChI is InChI=1S/C17H27N3O2S/c1-13-6-8-20(9-7-13)14(2)11-18-16(21)12-19(3)17(22)15-5-4-10-23-15/h4-5,10,13-14H,6-9,11-12H2,1-3H3,(H,18,21)/t14-/m0/s1. The van der Waals surface area contributed by atoms with Crippen LogP contribution in [0.15, 0.2) is 17.5 Å². The molecule has 2 rings (SSSR count). The summed E-state index contributed by atoms with van der Waals surface area (Å²) in [5.41, 5.74) is 0. The van der Waals surface area contributed by atoms with Crippen molar-refractivity contribution in [2.75, 3.05) is 33.2 Å². The summed E-state index contributed by atoms with van der Waals surface area (Å²) in [4.78, 5) is 28.7. The highest BCUT2D eigenvalue weighted by Crippen LogP contribution is 2.17. The highest BCUT2D eigenvalue weighted by atomic mass is 32.1. The molecule has 0 spiro atoms. The van der Waals surface area contributed by atoms with Crippen LogP contribution in [0.5, 0.6) is 0 Å². The van der Waals surface area contributed by atoms with Crippen molar-refractivity contribution in [2.45, 2.75) is 32.7 Å². The maximum atomic E-state index is 12.1. The number of likely N-dealkylation sites (N-methyl/N-ethyl adjacent to an activating group) is 1. The molecule has 0 aromatic carbocycles. The Morgan fingerprint density at radius 3 is 2.74 bits per heavy atom. The van der Waals surface area contributed by atoms with Crippen LogP contribution in [0.2, 0.25) is 0 Å². The second kappa shape index (κ2) is 8.45. The van der Waals surface area contributed by atoms with E-state index >= 15 is 0 Å². The molecular weight excluding hydrogens is 310 g/mol. The molecule has 1 saturated heterocycles. The van der Waals surface area contributed by atoms with Gasteiger partial charge in [-0.2, -0.15) is 0 Å². The number of carbonyl (C=O) groups is 2. The Morgan fingerprint density at radius 1 is 1.43 bits per heavy atom. The van der Waals surface area contributed by atoms with Crippen molar-refractivity contribution in [3.8, 4) is 0 Å². The quantitative estimate of drug-likeness (QED) is 0.864. The van der Waals surface area contributed by atoms with Gasteiger partial charge in [0.15, 0.2) is 0 Å². The Balaban J connectivity index is 1.71. The molecule has 1 aromatic heterocycles. The highest BCUT2D eigenvalue weighted by Gasteiger charge is 2.21. The Kier molecular flexibility index (Phi) is 6.59. The minimum absolute atomic E-state index is 0.0977. The molecule has 0 bridgehead atoms. The van der Waals surface area contributed by atoms with E-state index in [1.807, 2.05) is 11.4 Å². The second-order valence-corrected chi connectivity index (χ2v) is 7.46. The summed E-state index contributed by atoms with van der Waals surface area (Å²) in [7, 11) is 1.66. The fraction of sp³-hybridized carbons (Fsp3) is 0.647. The van der Waals surface area contributed by atoms with Gasteiger partial charge in [-0.05, 0) is 50.2 Å². The number of carbonyl (C=O) groups excluding carboxylic acids is 2. The third-order valence-electron chi connectivity index (χ3n) is 4.50. The predicted octanol–water partition coefficient (Wildman–Crippen LogP) is 2.06. The summed E-state index contributed by atoms with van der Waals surface area (Å²) in [5.74, 6) is 0.604. The lowest BCUT2D eigenvalue weighted by atomic mass is 9.98. The van der Waals surface area contributed by atoms with E-state index < -0.39 is 0 Å². The lowest BCUT2D eigenvalue weighted by molar-refractivity contribution is -0.121. The van der Waals surface area contributed by atoms with Gasteiger partial charge >= 0.3 is 0 Å². The monoisotopic (exact) mass is 337 g/mol. The summed E-state index contributed by atoms with van der Waals surface area (Å²) < 4.78 is 0. The maximum Gasteiger partial charge on any atom is 0.264 e. The van der Waals surface area contributed by atoms with E-state index in [1.54, 1.807) is 13.1 Å². The first-order chi connectivity index (χ1) is 11.0. The lowest BCUT2D eigenvalue weighted by Gasteiger charge is -2.35. The highest BCUT2D eigenvalue weighted by molar-refractivity contribution is 7.12. The van der Waals surface area contributed by atoms with Gasteiger partial charge in [0, 0.05) is 19.6 Å². The summed E-state index contributed by atoms with van der Waals surface area (Å²) >= 11 is 1.39. The smallest absolute Gasteiger partial charge is 0.264 e. The van der Waals surface area contributed by atoms with Crippen molar-refractivity contribution in [2.24, 2.45) is 5.92 Å². The van der Waals surface area contributed by atoms with Gasteiger partial charge in [0.1, 0.15) is 0 Å². The van der Waals surface area contributed by atoms with Gasteiger partial charge in [-0.3, -0.25) is 14.5 Å². The third-order valence-corrected chi connectivity index (χ3v) is 5.35. The van der Waals surface area contributed by atoms with Crippen LogP contribution in [0.3, 0.4) is 0 Å². The maximum absolute atomic E-state index is 12.1. The number of nitrogens with one attached hydrogen (secondary N) is 1. The lowest BCUT2D eigenvalue weighted by Crippen LogP contribution is -2.47. The molecule has 2 amide bonds. The summed E-state index contributed by atoms with van der Waals surface area (Å²) in [6.07, 6.45) is 2.46. The number of thiophene rings is 1. The third kappa shape index (κ3) is 5.32. The van der Waals surface area contributed by atoms with Crippen LogP contribution >= 0.6 is 11.3 Å². The van der Waals surface area contributed by atoms with Crippen molar-refractivity contribution in [3.05, 3.63) is 22.4 Å². The molecule has 5 nitrogen and oxygen atoms in total. The van der Waals surface area contributed by atoms with E-state index in [4.69, 9.17) is 0 Å². The topological polar surface area (TPSA) is 52.7 Å². The zero-order valence-electron chi connectivity index (χ0n) is 14.2. The summed E-state index contributed by atoms with van der Waals surface area (Å²) in [5, 5.41) is 4.81. The van der Waals surface area contributed by atoms with Gasteiger partial charge in [0.25, 0.3) is 5.91 Å². The summed E-state index contributed by atoms with van der Waals surface area (Å²) in [6, 6.07) is 3.96. The average Bonchev–Trinajstić information content (AvgIpc) is 3.06. The Morgan fingerprint density at radius 2 is 2.13 bits per heavy atom. The van der Waals surface area contributed by atoms with Crippen LogP contribution in [-0.4, -0.2) is 60.9 Å². The molecule has 128 valence electrons. The molecule has 1 aliphatic rings. The van der Waals surface area contributed by atoms with Gasteiger partial charge < -0.3 is 10.2 Å². The molecule has 0 saturated carbocycles. The number of rotatable bonds is 6. The minimum Gasteiger partial charge on any atom is -0.353 e.